The van der Waals surface area contributed by atoms with Crippen molar-refractivity contribution in [3.63, 3.8) is 0 Å². The fourth-order valence-electron chi connectivity index (χ4n) is 2.86. The molecule has 0 aromatic heterocycles. The molecule has 0 saturated carbocycles. The summed E-state index contributed by atoms with van der Waals surface area (Å²) in [5.74, 6) is -0.799. The summed E-state index contributed by atoms with van der Waals surface area (Å²) in [5.41, 5.74) is 1.04. The predicted octanol–water partition coefficient (Wildman–Crippen LogP) is 3.01. The number of amides is 4. The first kappa shape index (κ1) is 28.5. The molecule has 196 valence electrons. The molecular formula is C25H27N3O9. The molecular weight excluding hydrogens is 486 g/mol. The van der Waals surface area contributed by atoms with Gasteiger partial charge in [0.05, 0.1) is 0 Å². The molecule has 1 aliphatic rings. The zero-order valence-electron chi connectivity index (χ0n) is 20.6. The molecule has 4 amide bonds. The van der Waals surface area contributed by atoms with Crippen LogP contribution < -0.4 is 20.1 Å². The van der Waals surface area contributed by atoms with Crippen LogP contribution in [0.4, 0.5) is 9.59 Å². The van der Waals surface area contributed by atoms with E-state index in [-0.39, 0.29) is 30.3 Å². The predicted molar refractivity (Wildman–Crippen MR) is 129 cm³/mol. The maximum absolute atomic E-state index is 11.5. The lowest BCUT2D eigenvalue weighted by atomic mass is 10.1. The Balaban J connectivity index is 0.000000271. The Morgan fingerprint density at radius 3 is 1.81 bits per heavy atom. The zero-order valence-corrected chi connectivity index (χ0v) is 20.6. The zero-order chi connectivity index (χ0) is 27.4. The number of hydrogen-bond donors (Lipinski definition) is 2. The van der Waals surface area contributed by atoms with E-state index < -0.39 is 24.1 Å². The van der Waals surface area contributed by atoms with Crippen LogP contribution >= 0.6 is 0 Å². The summed E-state index contributed by atoms with van der Waals surface area (Å²) in [5, 5.41) is 5.40. The van der Waals surface area contributed by atoms with Crippen LogP contribution in [0.1, 0.15) is 53.8 Å². The van der Waals surface area contributed by atoms with Crippen molar-refractivity contribution in [3.05, 3.63) is 59.7 Å². The molecule has 0 bridgehead atoms. The highest BCUT2D eigenvalue weighted by Crippen LogP contribution is 2.17. The normalized spacial score (nSPS) is 12.1. The second-order valence-corrected chi connectivity index (χ2v) is 7.35. The molecule has 1 heterocycles. The van der Waals surface area contributed by atoms with Gasteiger partial charge in [0.2, 0.25) is 0 Å². The van der Waals surface area contributed by atoms with Gasteiger partial charge in [-0.3, -0.25) is 24.0 Å². The van der Waals surface area contributed by atoms with Crippen molar-refractivity contribution in [1.29, 1.82) is 0 Å². The topological polar surface area (TPSA) is 157 Å². The molecule has 12 nitrogen and oxygen atoms in total. The van der Waals surface area contributed by atoms with Crippen molar-refractivity contribution in [2.24, 2.45) is 0 Å². The lowest BCUT2D eigenvalue weighted by molar-refractivity contribution is -0.174. The second-order valence-electron chi connectivity index (χ2n) is 7.35. The Labute approximate surface area is 212 Å². The van der Waals surface area contributed by atoms with Gasteiger partial charge in [0.1, 0.15) is 11.5 Å². The summed E-state index contributed by atoms with van der Waals surface area (Å²) in [6.07, 6.45) is -1.32. The van der Waals surface area contributed by atoms with Gasteiger partial charge >= 0.3 is 12.2 Å². The van der Waals surface area contributed by atoms with Crippen LogP contribution in [-0.4, -0.2) is 54.4 Å². The molecule has 0 spiro atoms. The first-order chi connectivity index (χ1) is 17.7. The number of carbonyl (C=O) groups is 6. The number of Topliss-reactive ketones (excluding diaryl/α,β-unsaturated/α-hetero) is 1. The van der Waals surface area contributed by atoms with Gasteiger partial charge in [0, 0.05) is 44.0 Å². The van der Waals surface area contributed by atoms with E-state index in [4.69, 9.17) is 9.47 Å². The van der Waals surface area contributed by atoms with Gasteiger partial charge in [0.25, 0.3) is 17.7 Å². The third-order valence-corrected chi connectivity index (χ3v) is 4.74. The van der Waals surface area contributed by atoms with E-state index in [9.17, 15) is 28.8 Å². The van der Waals surface area contributed by atoms with E-state index in [2.05, 4.69) is 15.5 Å². The van der Waals surface area contributed by atoms with Gasteiger partial charge in [0.15, 0.2) is 5.78 Å². The van der Waals surface area contributed by atoms with Crippen LogP contribution in [-0.2, 0) is 14.4 Å². The van der Waals surface area contributed by atoms with Crippen LogP contribution in [0.3, 0.4) is 0 Å². The number of imide groups is 1. The summed E-state index contributed by atoms with van der Waals surface area (Å²) in [6, 6.07) is 12.2. The van der Waals surface area contributed by atoms with E-state index in [1.807, 2.05) is 6.92 Å². The molecule has 1 aliphatic heterocycles. The van der Waals surface area contributed by atoms with Crippen molar-refractivity contribution in [3.8, 4) is 11.5 Å². The minimum Gasteiger partial charge on any atom is -0.410 e. The fourth-order valence-corrected chi connectivity index (χ4v) is 2.86. The average Bonchev–Trinajstić information content (AvgIpc) is 3.21. The molecule has 37 heavy (non-hydrogen) atoms. The number of nitrogens with one attached hydrogen (secondary N) is 2. The summed E-state index contributed by atoms with van der Waals surface area (Å²) >= 11 is 0. The van der Waals surface area contributed by atoms with Crippen LogP contribution in [0, 0.1) is 0 Å². The van der Waals surface area contributed by atoms with Gasteiger partial charge in [-0.1, -0.05) is 12.0 Å². The number of rotatable bonds is 7. The molecule has 0 unspecified atom stereocenters. The molecule has 0 aliphatic carbocycles. The molecule has 2 aromatic carbocycles. The third-order valence-electron chi connectivity index (χ3n) is 4.74. The third kappa shape index (κ3) is 8.76. The number of ether oxygens (including phenoxy) is 2. The first-order valence-electron chi connectivity index (χ1n) is 11.3. The molecule has 2 aromatic rings. The van der Waals surface area contributed by atoms with E-state index >= 15 is 0 Å². The molecule has 3 rings (SSSR count). The number of carbonyl (C=O) groups excluding carboxylic acids is 6. The van der Waals surface area contributed by atoms with Crippen molar-refractivity contribution >= 4 is 35.8 Å². The maximum Gasteiger partial charge on any atom is 0.539 e. The maximum atomic E-state index is 11.5. The van der Waals surface area contributed by atoms with Crippen molar-refractivity contribution < 1.29 is 43.1 Å². The molecule has 1 fully saturated rings. The minimum atomic E-state index is -1.19. The van der Waals surface area contributed by atoms with Gasteiger partial charge < -0.3 is 20.1 Å². The smallest absolute Gasteiger partial charge is 0.410 e. The highest BCUT2D eigenvalue weighted by atomic mass is 16.8. The van der Waals surface area contributed by atoms with E-state index in [0.29, 0.717) is 34.9 Å². The van der Waals surface area contributed by atoms with Crippen molar-refractivity contribution in [2.75, 3.05) is 13.6 Å². The highest BCUT2D eigenvalue weighted by Gasteiger charge is 2.33. The van der Waals surface area contributed by atoms with Crippen LogP contribution in [0.15, 0.2) is 48.5 Å². The number of nitrogens with zero attached hydrogens (tertiary/aromatic N) is 1. The molecule has 2 N–H and O–H groups in total. The summed E-state index contributed by atoms with van der Waals surface area (Å²) in [6.45, 7) is 4.17. The van der Waals surface area contributed by atoms with Crippen LogP contribution in [0.25, 0.3) is 0 Å². The van der Waals surface area contributed by atoms with Gasteiger partial charge in [-0.25, -0.2) is 9.59 Å². The minimum absolute atomic E-state index is 0.0138. The van der Waals surface area contributed by atoms with Gasteiger partial charge in [-0.2, -0.15) is 0 Å². The number of hydroxylamine groups is 2. The molecule has 1 saturated heterocycles. The van der Waals surface area contributed by atoms with Crippen molar-refractivity contribution in [1.82, 2.24) is 15.7 Å². The van der Waals surface area contributed by atoms with Crippen molar-refractivity contribution in [2.45, 2.75) is 33.1 Å². The Kier molecular flexibility index (Phi) is 10.8. The Bertz CT molecular complexity index is 1130. The molecule has 12 heteroatoms. The Hall–Kier alpha value is -4.74. The number of hydrogen-bond acceptors (Lipinski definition) is 9. The van der Waals surface area contributed by atoms with Crippen LogP contribution in [0.2, 0.25) is 0 Å². The van der Waals surface area contributed by atoms with Gasteiger partial charge in [-0.15, -0.1) is 0 Å². The molecule has 0 atom stereocenters. The number of benzene rings is 2. The average molecular weight is 514 g/mol. The quantitative estimate of drug-likeness (QED) is 0.246. The van der Waals surface area contributed by atoms with E-state index in [1.54, 1.807) is 31.2 Å². The Morgan fingerprint density at radius 1 is 0.811 bits per heavy atom. The van der Waals surface area contributed by atoms with E-state index in [1.165, 1.54) is 31.3 Å². The lowest BCUT2D eigenvalue weighted by Gasteiger charge is -2.12. The second kappa shape index (κ2) is 14.0. The summed E-state index contributed by atoms with van der Waals surface area (Å²) < 4.78 is 9.70. The largest absolute Gasteiger partial charge is 0.539 e. The first-order valence-corrected chi connectivity index (χ1v) is 11.3. The standard InChI is InChI=1S/C14H13NO6.C11H14N2O3/c1-2-11(16)9-3-5-10(6-4-9)20-14(19)21-15-12(17)7-8-13(15)18;1-3-13-10(14)8-4-6-9(7-5-8)16-11(15)12-2/h3-6H,2,7-8H2,1H3;4-7H,3H2,1-2H3,(H,12,15)(H,13,14). The summed E-state index contributed by atoms with van der Waals surface area (Å²) in [7, 11) is 1.48. The summed E-state index contributed by atoms with van der Waals surface area (Å²) in [4.78, 5) is 72.3. The number of ketones is 1. The fraction of sp³-hybridized carbons (Fsp3) is 0.280. The lowest BCUT2D eigenvalue weighted by Crippen LogP contribution is -2.33. The SMILES string of the molecule is CCC(=O)c1ccc(OC(=O)ON2C(=O)CCC2=O)cc1.CCNC(=O)c1ccc(OC(=O)NC)cc1. The monoisotopic (exact) mass is 513 g/mol. The molecule has 0 radical (unpaired) electrons. The Morgan fingerprint density at radius 2 is 1.32 bits per heavy atom. The highest BCUT2D eigenvalue weighted by molar-refractivity contribution is 6.01. The van der Waals surface area contributed by atoms with Crippen LogP contribution in [0.5, 0.6) is 11.5 Å². The van der Waals surface area contributed by atoms with E-state index in [0.717, 1.165) is 0 Å². The van der Waals surface area contributed by atoms with Gasteiger partial charge in [-0.05, 0) is 55.5 Å².